The van der Waals surface area contributed by atoms with E-state index in [0.29, 0.717) is 5.92 Å². The standard InChI is InChI=1S/C38H29N3/c1-2-11-27-23-36-32(21-26(27)10-1)30-13-5-8-16-35(30)41(36)38-37(39-33-14-6-7-15-34(33)40-38)28-20-19-25-18-17-24-9-3-4-12-29(24)31(25)22-28/h1-2,4-8,10-22,27,38,40H,3,9,23H2. The molecule has 0 fully saturated rings. The summed E-state index contributed by atoms with van der Waals surface area (Å²) in [6, 6.07) is 28.8. The molecule has 0 amide bonds. The fourth-order valence-corrected chi connectivity index (χ4v) is 7.23. The van der Waals surface area contributed by atoms with Crippen LogP contribution in [0.25, 0.3) is 33.8 Å². The summed E-state index contributed by atoms with van der Waals surface area (Å²) in [5.41, 5.74) is 12.4. The lowest BCUT2D eigenvalue weighted by Gasteiger charge is -2.32. The van der Waals surface area contributed by atoms with Crippen molar-refractivity contribution in [1.82, 2.24) is 4.57 Å². The first-order valence-corrected chi connectivity index (χ1v) is 14.7. The van der Waals surface area contributed by atoms with Crippen molar-refractivity contribution in [2.45, 2.75) is 25.4 Å². The van der Waals surface area contributed by atoms with Crippen LogP contribution in [-0.4, -0.2) is 10.3 Å². The van der Waals surface area contributed by atoms with E-state index in [4.69, 9.17) is 4.99 Å². The molecule has 1 aromatic heterocycles. The fourth-order valence-electron chi connectivity index (χ4n) is 7.23. The van der Waals surface area contributed by atoms with Crippen LogP contribution in [0.1, 0.15) is 40.5 Å². The van der Waals surface area contributed by atoms with Gasteiger partial charge in [-0.15, -0.1) is 0 Å². The maximum Gasteiger partial charge on any atom is 0.148 e. The Kier molecular flexibility index (Phi) is 4.91. The zero-order valence-corrected chi connectivity index (χ0v) is 22.7. The molecule has 0 spiro atoms. The minimum Gasteiger partial charge on any atom is -0.358 e. The van der Waals surface area contributed by atoms with Crippen LogP contribution in [0.15, 0.2) is 120 Å². The third-order valence-corrected chi connectivity index (χ3v) is 9.22. The Morgan fingerprint density at radius 2 is 1.73 bits per heavy atom. The van der Waals surface area contributed by atoms with Crippen molar-refractivity contribution in [2.24, 2.45) is 10.9 Å². The highest BCUT2D eigenvalue weighted by atomic mass is 15.2. The predicted octanol–water partition coefficient (Wildman–Crippen LogP) is 9.18. The van der Waals surface area contributed by atoms with Gasteiger partial charge in [0.2, 0.25) is 0 Å². The smallest absolute Gasteiger partial charge is 0.148 e. The van der Waals surface area contributed by atoms with Crippen molar-refractivity contribution in [3.05, 3.63) is 143 Å². The van der Waals surface area contributed by atoms with Crippen molar-refractivity contribution >= 4 is 50.9 Å². The van der Waals surface area contributed by atoms with Crippen LogP contribution in [-0.2, 0) is 12.8 Å². The second kappa shape index (κ2) is 8.81. The zero-order valence-electron chi connectivity index (χ0n) is 22.7. The van der Waals surface area contributed by atoms with E-state index >= 15 is 0 Å². The maximum absolute atomic E-state index is 5.38. The Bertz CT molecular complexity index is 2060. The fraction of sp³-hybridized carbons (Fsp3) is 0.132. The molecule has 3 aliphatic carbocycles. The summed E-state index contributed by atoms with van der Waals surface area (Å²) < 4.78 is 2.53. The number of aliphatic imine (C=N–C) groups is 1. The normalized spacial score (nSPS) is 20.1. The van der Waals surface area contributed by atoms with Gasteiger partial charge in [-0.1, -0.05) is 91.1 Å². The highest BCUT2D eigenvalue weighted by molar-refractivity contribution is 6.11. The van der Waals surface area contributed by atoms with E-state index in [1.807, 2.05) is 0 Å². The molecular formula is C38H29N3. The molecule has 4 aliphatic rings. The van der Waals surface area contributed by atoms with Gasteiger partial charge in [0, 0.05) is 28.1 Å². The van der Waals surface area contributed by atoms with Crippen molar-refractivity contribution in [3.8, 4) is 0 Å². The van der Waals surface area contributed by atoms with E-state index in [9.17, 15) is 0 Å². The lowest BCUT2D eigenvalue weighted by Crippen LogP contribution is -2.32. The summed E-state index contributed by atoms with van der Waals surface area (Å²) in [4.78, 5) is 5.38. The first-order valence-electron chi connectivity index (χ1n) is 14.7. The van der Waals surface area contributed by atoms with Gasteiger partial charge in [-0.25, -0.2) is 4.99 Å². The first kappa shape index (κ1) is 22.9. The number of hydrogen-bond donors (Lipinski definition) is 1. The van der Waals surface area contributed by atoms with E-state index < -0.39 is 0 Å². The van der Waals surface area contributed by atoms with Crippen LogP contribution in [0, 0.1) is 5.92 Å². The van der Waals surface area contributed by atoms with E-state index in [1.165, 1.54) is 49.6 Å². The van der Waals surface area contributed by atoms with Crippen LogP contribution in [0.3, 0.4) is 0 Å². The summed E-state index contributed by atoms with van der Waals surface area (Å²) in [5, 5.41) is 7.82. The summed E-state index contributed by atoms with van der Waals surface area (Å²) in [7, 11) is 0. The zero-order chi connectivity index (χ0) is 26.9. The van der Waals surface area contributed by atoms with Gasteiger partial charge in [-0.3, -0.25) is 0 Å². The van der Waals surface area contributed by atoms with Crippen LogP contribution in [0.2, 0.25) is 0 Å². The topological polar surface area (TPSA) is 29.3 Å². The molecule has 41 heavy (non-hydrogen) atoms. The van der Waals surface area contributed by atoms with E-state index in [-0.39, 0.29) is 6.17 Å². The molecule has 0 saturated heterocycles. The molecule has 196 valence electrons. The SMILES string of the molecule is C1=CC2=Cc3c(n(C4Nc5ccccc5N=C4c4ccc5ccc6c(c5c4)C=CCC6)c4ccccc34)CC2C=C1. The molecule has 5 aromatic rings. The van der Waals surface area contributed by atoms with Gasteiger partial charge in [0.05, 0.1) is 22.6 Å². The van der Waals surface area contributed by atoms with Crippen molar-refractivity contribution in [2.75, 3.05) is 5.32 Å². The molecule has 0 radical (unpaired) electrons. The third-order valence-electron chi connectivity index (χ3n) is 9.22. The lowest BCUT2D eigenvalue weighted by molar-refractivity contribution is 0.643. The summed E-state index contributed by atoms with van der Waals surface area (Å²) in [6.07, 6.45) is 19.0. The number of para-hydroxylation sites is 3. The number of anilines is 1. The van der Waals surface area contributed by atoms with Crippen LogP contribution < -0.4 is 5.32 Å². The van der Waals surface area contributed by atoms with Gasteiger partial charge in [0.25, 0.3) is 0 Å². The predicted molar refractivity (Wildman–Crippen MR) is 172 cm³/mol. The first-order chi connectivity index (χ1) is 20.3. The van der Waals surface area contributed by atoms with Gasteiger partial charge in [-0.2, -0.15) is 0 Å². The summed E-state index contributed by atoms with van der Waals surface area (Å²) >= 11 is 0. The van der Waals surface area contributed by atoms with Crippen molar-refractivity contribution in [3.63, 3.8) is 0 Å². The second-order valence-corrected chi connectivity index (χ2v) is 11.5. The molecule has 3 nitrogen and oxygen atoms in total. The molecule has 2 atom stereocenters. The van der Waals surface area contributed by atoms with E-state index in [1.54, 1.807) is 0 Å². The molecular weight excluding hydrogens is 498 g/mol. The number of nitrogens with zero attached hydrogens (tertiary/aromatic N) is 2. The number of benzene rings is 4. The van der Waals surface area contributed by atoms with Crippen molar-refractivity contribution in [1.29, 1.82) is 0 Å². The molecule has 2 heterocycles. The molecule has 1 N–H and O–H groups in total. The van der Waals surface area contributed by atoms with Gasteiger partial charge >= 0.3 is 0 Å². The Labute approximate surface area is 239 Å². The van der Waals surface area contributed by atoms with E-state index in [0.717, 1.165) is 41.9 Å². The highest BCUT2D eigenvalue weighted by Gasteiger charge is 2.33. The molecule has 0 saturated carbocycles. The number of aromatic nitrogens is 1. The van der Waals surface area contributed by atoms with Gasteiger partial charge in [0.1, 0.15) is 6.17 Å². The minimum atomic E-state index is -0.135. The molecule has 0 bridgehead atoms. The van der Waals surface area contributed by atoms with Gasteiger partial charge in [0.15, 0.2) is 0 Å². The molecule has 4 aromatic carbocycles. The quantitative estimate of drug-likeness (QED) is 0.244. The summed E-state index contributed by atoms with van der Waals surface area (Å²) in [5.74, 6) is 0.394. The maximum atomic E-state index is 5.38. The number of nitrogens with one attached hydrogen (secondary N) is 1. The Hall–Kier alpha value is -4.89. The minimum absolute atomic E-state index is 0.135. The molecule has 2 unspecified atom stereocenters. The second-order valence-electron chi connectivity index (χ2n) is 11.5. The van der Waals surface area contributed by atoms with Crippen LogP contribution in [0.5, 0.6) is 0 Å². The lowest BCUT2D eigenvalue weighted by atomic mass is 9.83. The largest absolute Gasteiger partial charge is 0.358 e. The number of aryl methyl sites for hydroxylation is 1. The molecule has 3 heteroatoms. The van der Waals surface area contributed by atoms with Crippen molar-refractivity contribution < 1.29 is 0 Å². The van der Waals surface area contributed by atoms with Crippen LogP contribution >= 0.6 is 0 Å². The van der Waals surface area contributed by atoms with E-state index in [2.05, 4.69) is 131 Å². The highest BCUT2D eigenvalue weighted by Crippen LogP contribution is 2.43. The Balaban J connectivity index is 1.29. The van der Waals surface area contributed by atoms with Gasteiger partial charge < -0.3 is 9.88 Å². The third kappa shape index (κ3) is 3.48. The number of fused-ring (bicyclic) bond motifs is 8. The average molecular weight is 528 g/mol. The van der Waals surface area contributed by atoms with Gasteiger partial charge in [-0.05, 0) is 77.1 Å². The summed E-state index contributed by atoms with van der Waals surface area (Å²) in [6.45, 7) is 0. The van der Waals surface area contributed by atoms with Crippen LogP contribution in [0.4, 0.5) is 11.4 Å². The Morgan fingerprint density at radius 3 is 2.73 bits per heavy atom. The average Bonchev–Trinajstić information content (AvgIpc) is 3.35. The number of rotatable bonds is 2. The molecule has 1 aliphatic heterocycles. The Morgan fingerprint density at radius 1 is 0.829 bits per heavy atom. The monoisotopic (exact) mass is 527 g/mol. The number of allylic oxidation sites excluding steroid dienone is 6. The molecule has 9 rings (SSSR count). The number of hydrogen-bond acceptors (Lipinski definition) is 2.